The highest BCUT2D eigenvalue weighted by Crippen LogP contribution is 2.43. The van der Waals surface area contributed by atoms with E-state index in [1.165, 1.54) is 30.6 Å². The first-order chi connectivity index (χ1) is 24.4. The molecule has 12 nitrogen and oxygen atoms in total. The Morgan fingerprint density at radius 1 is 1.06 bits per heavy atom. The van der Waals surface area contributed by atoms with Crippen molar-refractivity contribution in [1.82, 2.24) is 39.7 Å². The highest BCUT2D eigenvalue weighted by Gasteiger charge is 2.55. The van der Waals surface area contributed by atoms with E-state index in [-0.39, 0.29) is 22.7 Å². The predicted octanol–water partition coefficient (Wildman–Crippen LogP) is 6.94. The predicted molar refractivity (Wildman–Crippen MR) is 174 cm³/mol. The van der Waals surface area contributed by atoms with Crippen molar-refractivity contribution in [2.45, 2.75) is 57.7 Å². The monoisotopic (exact) mass is 751 g/mol. The van der Waals surface area contributed by atoms with Crippen LogP contribution in [0.15, 0.2) is 61.2 Å². The molecule has 0 bridgehead atoms. The summed E-state index contributed by atoms with van der Waals surface area (Å²) in [6.45, 7) is 0.463. The third-order valence-electron chi connectivity index (χ3n) is 8.60. The van der Waals surface area contributed by atoms with Crippen molar-refractivity contribution >= 4 is 29.6 Å². The van der Waals surface area contributed by atoms with Crippen LogP contribution in [0.25, 0.3) is 16.8 Å². The maximum atomic E-state index is 14.8. The van der Waals surface area contributed by atoms with Crippen molar-refractivity contribution in [2.24, 2.45) is 5.41 Å². The molecule has 0 aliphatic carbocycles. The number of aromatic nitrogens is 5. The number of hydrogen-bond acceptors (Lipinski definition) is 7. The van der Waals surface area contributed by atoms with Gasteiger partial charge in [-0.1, -0.05) is 62.7 Å². The van der Waals surface area contributed by atoms with Crippen LogP contribution in [-0.4, -0.2) is 77.9 Å². The van der Waals surface area contributed by atoms with Crippen molar-refractivity contribution in [3.63, 3.8) is 0 Å². The molecule has 6 rings (SSSR count). The van der Waals surface area contributed by atoms with E-state index in [0.29, 0.717) is 21.4 Å². The van der Waals surface area contributed by atoms with Crippen LogP contribution in [0.3, 0.4) is 0 Å². The van der Waals surface area contributed by atoms with Gasteiger partial charge in [-0.2, -0.15) is 19.0 Å². The average molecular weight is 752 g/mol. The first-order valence-electron chi connectivity index (χ1n) is 15.8. The number of carbonyl (C=O) groups is 2. The Hall–Kier alpha value is -5.13. The fourth-order valence-corrected chi connectivity index (χ4v) is 6.56. The van der Waals surface area contributed by atoms with Gasteiger partial charge >= 0.3 is 12.6 Å². The Kier molecular flexibility index (Phi) is 9.48. The van der Waals surface area contributed by atoms with Gasteiger partial charge in [0, 0.05) is 11.8 Å². The molecular weight excluding hydrogens is 720 g/mol. The van der Waals surface area contributed by atoms with E-state index in [9.17, 15) is 35.9 Å². The van der Waals surface area contributed by atoms with Gasteiger partial charge in [-0.25, -0.2) is 36.7 Å². The van der Waals surface area contributed by atoms with Gasteiger partial charge < -0.3 is 10.1 Å². The summed E-state index contributed by atoms with van der Waals surface area (Å²) in [6, 6.07) is 9.33. The number of ether oxygens (including phenoxy) is 1. The van der Waals surface area contributed by atoms with E-state index in [4.69, 9.17) is 21.7 Å². The fraction of sp³-hybridized carbons (Fsp3) is 0.394. The number of benzene rings is 2. The van der Waals surface area contributed by atoms with Crippen molar-refractivity contribution in [1.29, 1.82) is 5.41 Å². The largest absolute Gasteiger partial charge is 0.447 e. The standard InChI is InChI=1S/C33H32ClF6N9O3/c1-31(2,3)14-33(21-7-4-18(5-8-21)20-11-43-47(12-20)28(37)38)27(50)48(29(41)45-33)24(13-52-30(51)46-15-32(39,40)16-46)19-6-9-22(34)23(10-19)49-26(25(35)36)42-17-44-49/h4-12,17,24-25,28H,13-16H2,1-3H3,(H2,41,45)/t24-,33-/m1/s1. The second-order valence-corrected chi connectivity index (χ2v) is 14.1. The molecular formula is C33H32ClF6N9O3. The Labute approximate surface area is 297 Å². The minimum absolute atomic E-state index is 0.0167. The van der Waals surface area contributed by atoms with Crippen LogP contribution in [0, 0.1) is 10.8 Å². The van der Waals surface area contributed by atoms with Crippen LogP contribution >= 0.6 is 11.6 Å². The fourth-order valence-electron chi connectivity index (χ4n) is 6.36. The van der Waals surface area contributed by atoms with Crippen molar-refractivity contribution in [3.05, 3.63) is 83.2 Å². The van der Waals surface area contributed by atoms with Crippen LogP contribution in [0.1, 0.15) is 63.2 Å². The van der Waals surface area contributed by atoms with E-state index < -0.39 is 79.4 Å². The maximum Gasteiger partial charge on any atom is 0.410 e. The molecule has 52 heavy (non-hydrogen) atoms. The summed E-state index contributed by atoms with van der Waals surface area (Å²) in [5.41, 5.74) is -0.632. The molecule has 4 heterocycles. The molecule has 0 unspecified atom stereocenters. The minimum atomic E-state index is -3.08. The summed E-state index contributed by atoms with van der Waals surface area (Å²) >= 11 is 6.41. The molecule has 2 aromatic carbocycles. The SMILES string of the molecule is CC(C)(C)C[C@]1(c2ccc(-c3cnn(C(F)F)c3)cc2)NC(=N)N([C@H](COC(=O)N2CC(F)(F)C2)c2ccc(Cl)c(-n3ncnc3C(F)F)c2)C1=O. The number of alkyl halides is 6. The van der Waals surface area contributed by atoms with Crippen LogP contribution in [0.2, 0.25) is 5.02 Å². The van der Waals surface area contributed by atoms with Crippen LogP contribution < -0.4 is 5.32 Å². The quantitative estimate of drug-likeness (QED) is 0.168. The summed E-state index contributed by atoms with van der Waals surface area (Å²) in [5.74, 6) is -4.85. The molecule has 2 atom stereocenters. The number of hydrogen-bond donors (Lipinski definition) is 2. The van der Waals surface area contributed by atoms with E-state index in [0.717, 1.165) is 20.8 Å². The number of likely N-dealkylation sites (tertiary alicyclic amines) is 1. The molecule has 0 spiro atoms. The third kappa shape index (κ3) is 7.03. The molecule has 2 aliphatic heterocycles. The molecule has 2 aromatic heterocycles. The normalized spacial score (nSPS) is 19.3. The zero-order valence-electron chi connectivity index (χ0n) is 27.8. The summed E-state index contributed by atoms with van der Waals surface area (Å²) in [7, 11) is 0. The van der Waals surface area contributed by atoms with Gasteiger partial charge in [0.15, 0.2) is 11.8 Å². The number of rotatable bonds is 10. The van der Waals surface area contributed by atoms with Gasteiger partial charge in [0.1, 0.15) is 18.5 Å². The van der Waals surface area contributed by atoms with E-state index in [2.05, 4.69) is 20.5 Å². The highest BCUT2D eigenvalue weighted by atomic mass is 35.5. The van der Waals surface area contributed by atoms with Crippen molar-refractivity contribution in [2.75, 3.05) is 19.7 Å². The van der Waals surface area contributed by atoms with Gasteiger partial charge in [0.05, 0.1) is 36.0 Å². The van der Waals surface area contributed by atoms with Crippen molar-refractivity contribution in [3.8, 4) is 16.8 Å². The Morgan fingerprint density at radius 2 is 1.75 bits per heavy atom. The lowest BCUT2D eigenvalue weighted by molar-refractivity contribution is -0.135. The highest BCUT2D eigenvalue weighted by molar-refractivity contribution is 6.32. The second kappa shape index (κ2) is 13.4. The number of guanidine groups is 1. The smallest absolute Gasteiger partial charge is 0.410 e. The molecule has 2 aliphatic rings. The van der Waals surface area contributed by atoms with E-state index in [1.807, 2.05) is 20.8 Å². The van der Waals surface area contributed by atoms with Crippen LogP contribution in [0.5, 0.6) is 0 Å². The number of amides is 2. The number of nitrogens with zero attached hydrogens (tertiary/aromatic N) is 7. The van der Waals surface area contributed by atoms with E-state index >= 15 is 0 Å². The first-order valence-corrected chi connectivity index (χ1v) is 16.2. The zero-order chi connectivity index (χ0) is 37.7. The molecule has 2 N–H and O–H groups in total. The van der Waals surface area contributed by atoms with Crippen LogP contribution in [0.4, 0.5) is 31.1 Å². The summed E-state index contributed by atoms with van der Waals surface area (Å²) < 4.78 is 87.8. The van der Waals surface area contributed by atoms with Crippen LogP contribution in [-0.2, 0) is 15.1 Å². The molecule has 0 saturated carbocycles. The average Bonchev–Trinajstić information content (AvgIpc) is 3.80. The molecule has 276 valence electrons. The number of nitrogens with one attached hydrogen (secondary N) is 2. The van der Waals surface area contributed by atoms with E-state index in [1.54, 1.807) is 24.3 Å². The minimum Gasteiger partial charge on any atom is -0.447 e. The lowest BCUT2D eigenvalue weighted by Crippen LogP contribution is -2.58. The van der Waals surface area contributed by atoms with Gasteiger partial charge in [0.25, 0.3) is 18.3 Å². The Balaban J connectivity index is 1.40. The Bertz CT molecular complexity index is 1990. The van der Waals surface area contributed by atoms with Crippen molar-refractivity contribution < 1.29 is 40.7 Å². The second-order valence-electron chi connectivity index (χ2n) is 13.7. The summed E-state index contributed by atoms with van der Waals surface area (Å²) in [6.07, 6.45) is -0.612. The molecule has 4 aromatic rings. The number of carbonyl (C=O) groups excluding carboxylic acids is 2. The van der Waals surface area contributed by atoms with Gasteiger partial charge in [-0.3, -0.25) is 20.0 Å². The maximum absolute atomic E-state index is 14.8. The molecule has 0 radical (unpaired) electrons. The van der Waals surface area contributed by atoms with Gasteiger partial charge in [-0.15, -0.1) is 0 Å². The molecule has 2 amide bonds. The Morgan fingerprint density at radius 3 is 2.35 bits per heavy atom. The van der Waals surface area contributed by atoms with Gasteiger partial charge in [-0.05, 0) is 40.7 Å². The van der Waals surface area contributed by atoms with Gasteiger partial charge in [0.2, 0.25) is 0 Å². The molecule has 2 saturated heterocycles. The summed E-state index contributed by atoms with van der Waals surface area (Å²) in [4.78, 5) is 33.1. The first kappa shape index (κ1) is 36.7. The summed E-state index contributed by atoms with van der Waals surface area (Å²) in [5, 5.41) is 19.6. The molecule has 2 fully saturated rings. The number of halogens is 7. The lowest BCUT2D eigenvalue weighted by Gasteiger charge is -2.38. The molecule has 19 heteroatoms. The zero-order valence-corrected chi connectivity index (χ0v) is 28.6. The third-order valence-corrected chi connectivity index (χ3v) is 8.92. The topological polar surface area (TPSA) is 134 Å². The lowest BCUT2D eigenvalue weighted by atomic mass is 9.75.